The summed E-state index contributed by atoms with van der Waals surface area (Å²) in [4.78, 5) is 3.96. The van der Waals surface area contributed by atoms with Crippen LogP contribution in [0.15, 0.2) is 30.4 Å². The van der Waals surface area contributed by atoms with Crippen molar-refractivity contribution in [1.82, 2.24) is 4.98 Å². The van der Waals surface area contributed by atoms with Crippen molar-refractivity contribution in [2.24, 2.45) is 23.2 Å². The molecule has 6 nitrogen and oxygen atoms in total. The first-order chi connectivity index (χ1) is 20.7. The molecule has 3 N–H and O–H groups in total. The van der Waals surface area contributed by atoms with E-state index in [0.717, 1.165) is 48.2 Å². The lowest BCUT2D eigenvalue weighted by Crippen LogP contribution is -2.76. The monoisotopic (exact) mass is 617 g/mol. The molecule has 2 aromatic rings. The van der Waals surface area contributed by atoms with Gasteiger partial charge in [-0.05, 0) is 99.8 Å². The summed E-state index contributed by atoms with van der Waals surface area (Å²) in [7, 11) is 0. The van der Waals surface area contributed by atoms with Crippen LogP contribution in [-0.4, -0.2) is 56.4 Å². The van der Waals surface area contributed by atoms with Crippen molar-refractivity contribution < 1.29 is 24.4 Å². The van der Waals surface area contributed by atoms with Crippen LogP contribution < -0.4 is 0 Å². The summed E-state index contributed by atoms with van der Waals surface area (Å²) in [6, 6.07) is 2.13. The minimum atomic E-state index is -1.18. The Kier molecular flexibility index (Phi) is 4.81. The molecule has 7 heteroatoms. The molecule has 5 fully saturated rings. The van der Waals surface area contributed by atoms with Crippen molar-refractivity contribution >= 4 is 22.5 Å². The molecule has 0 radical (unpaired) electrons. The van der Waals surface area contributed by atoms with Crippen LogP contribution in [0.5, 0.6) is 0 Å². The summed E-state index contributed by atoms with van der Waals surface area (Å²) in [6.07, 6.45) is 2.76. The number of benzene rings is 1. The van der Waals surface area contributed by atoms with Gasteiger partial charge in [-0.2, -0.15) is 0 Å². The van der Waals surface area contributed by atoms with Gasteiger partial charge >= 0.3 is 0 Å². The van der Waals surface area contributed by atoms with Gasteiger partial charge in [-0.15, -0.1) is 0 Å². The number of hydrogen-bond acceptors (Lipinski definition) is 5. The number of hydrogen-bond donors (Lipinski definition) is 3. The van der Waals surface area contributed by atoms with E-state index in [0.29, 0.717) is 24.2 Å². The highest BCUT2D eigenvalue weighted by Gasteiger charge is 2.86. The maximum absolute atomic E-state index is 13.2. The smallest absolute Gasteiger partial charge is 0.153 e. The molecule has 0 bridgehead atoms. The molecule has 13 atom stereocenters. The number of nitrogens with one attached hydrogen (secondary N) is 1. The van der Waals surface area contributed by atoms with Crippen molar-refractivity contribution in [1.29, 1.82) is 0 Å². The van der Waals surface area contributed by atoms with Gasteiger partial charge in [0.1, 0.15) is 23.9 Å². The average molecular weight is 618 g/mol. The van der Waals surface area contributed by atoms with E-state index in [9.17, 15) is 10.2 Å². The largest absolute Gasteiger partial charge is 0.387 e. The lowest BCUT2D eigenvalue weighted by atomic mass is 9.40. The molecule has 4 heterocycles. The molecule has 3 aliphatic heterocycles. The molecule has 1 unspecified atom stereocenters. The molecular weight excluding hydrogens is 574 g/mol. The standard InChI is InChI=1S/C37H44ClNO5/c1-15(2)29-28(40)32-37(44-32)23(42-29)9-10-34(6)35(7)19(8-11-36(34,37)41)30-27-26-22(39-31(27)35)14-21(38)18-12-16(3)17-13-20(24(17)25(18)26)33(4,5)43-30/h14,17,19-20,23-24,28-30,32,39-41H,1,3,8-13H2,2,4-7H3/t17-,19+,20+,23+,24+,28+,29-,30+,32-,34-,35-,36+,37?/m1/s1. The molecule has 1 spiro atoms. The molecule has 1 aromatic heterocycles. The lowest BCUT2D eigenvalue weighted by Gasteiger charge is -2.66. The van der Waals surface area contributed by atoms with Gasteiger partial charge in [0.15, 0.2) is 5.60 Å². The van der Waals surface area contributed by atoms with Crippen LogP contribution in [0, 0.1) is 23.2 Å². The summed E-state index contributed by atoms with van der Waals surface area (Å²) in [5.74, 6) is 1.43. The third-order valence-electron chi connectivity index (χ3n) is 15.1. The van der Waals surface area contributed by atoms with Crippen LogP contribution >= 0.6 is 11.6 Å². The van der Waals surface area contributed by atoms with Gasteiger partial charge in [0, 0.05) is 43.9 Å². The summed E-state index contributed by atoms with van der Waals surface area (Å²) < 4.78 is 20.5. The summed E-state index contributed by atoms with van der Waals surface area (Å²) in [6.45, 7) is 19.8. The van der Waals surface area contributed by atoms with Gasteiger partial charge in [0.2, 0.25) is 0 Å². The quantitative estimate of drug-likeness (QED) is 0.249. The van der Waals surface area contributed by atoms with E-state index in [2.05, 4.69) is 51.9 Å². The molecule has 1 aromatic carbocycles. The van der Waals surface area contributed by atoms with Crippen molar-refractivity contribution in [2.75, 3.05) is 0 Å². The molecule has 10 rings (SSSR count). The number of halogens is 1. The van der Waals surface area contributed by atoms with E-state index in [1.807, 2.05) is 6.92 Å². The number of fused-ring (bicyclic) bond motifs is 5. The van der Waals surface area contributed by atoms with E-state index in [-0.39, 0.29) is 23.7 Å². The first kappa shape index (κ1) is 27.4. The number of aromatic nitrogens is 1. The van der Waals surface area contributed by atoms with Crippen molar-refractivity contribution in [2.45, 2.75) is 132 Å². The predicted octanol–water partition coefficient (Wildman–Crippen LogP) is 6.56. The Morgan fingerprint density at radius 3 is 2.61 bits per heavy atom. The number of aliphatic hydroxyl groups excluding tert-OH is 1. The minimum absolute atomic E-state index is 0.0809. The highest BCUT2D eigenvalue weighted by molar-refractivity contribution is 6.32. The van der Waals surface area contributed by atoms with Crippen LogP contribution in [0.2, 0.25) is 5.02 Å². The van der Waals surface area contributed by atoms with Crippen LogP contribution in [0.4, 0.5) is 0 Å². The zero-order valence-corrected chi connectivity index (χ0v) is 27.2. The number of aliphatic hydroxyl groups is 2. The number of H-pyrrole nitrogens is 1. The van der Waals surface area contributed by atoms with Crippen molar-refractivity contribution in [3.8, 4) is 0 Å². The van der Waals surface area contributed by atoms with E-state index < -0.39 is 40.3 Å². The van der Waals surface area contributed by atoms with E-state index in [1.165, 1.54) is 33.3 Å². The van der Waals surface area contributed by atoms with Gasteiger partial charge in [-0.3, -0.25) is 0 Å². The zero-order valence-electron chi connectivity index (χ0n) is 26.4. The molecule has 234 valence electrons. The van der Waals surface area contributed by atoms with E-state index >= 15 is 0 Å². The topological polar surface area (TPSA) is 87.2 Å². The first-order valence-corrected chi connectivity index (χ1v) is 17.2. The Hall–Kier alpha value is -1.67. The van der Waals surface area contributed by atoms with E-state index in [1.54, 1.807) is 0 Å². The summed E-state index contributed by atoms with van der Waals surface area (Å²) in [5.41, 5.74) is 4.97. The lowest BCUT2D eigenvalue weighted by molar-refractivity contribution is -0.274. The molecular formula is C37H44ClNO5. The van der Waals surface area contributed by atoms with Crippen molar-refractivity contribution in [3.05, 3.63) is 57.8 Å². The average Bonchev–Trinajstić information content (AvgIpc) is 3.53. The van der Waals surface area contributed by atoms with Crippen LogP contribution in [0.3, 0.4) is 0 Å². The Bertz CT molecular complexity index is 1740. The second kappa shape index (κ2) is 7.72. The third-order valence-corrected chi connectivity index (χ3v) is 15.4. The van der Waals surface area contributed by atoms with Crippen LogP contribution in [0.25, 0.3) is 10.9 Å². The zero-order chi connectivity index (χ0) is 30.7. The van der Waals surface area contributed by atoms with Crippen LogP contribution in [0.1, 0.15) is 101 Å². The highest BCUT2D eigenvalue weighted by Crippen LogP contribution is 2.77. The normalized spacial score (nSPS) is 51.7. The SMILES string of the molecule is C=C1Cc2c(Cl)cc3[nH]c4c5c3c2[C@H]2[C@@H]1C[C@@H]2C(C)(C)O[C@H]5[C@@H]1CC[C@@]2(O)C35O[C@@H]3[C@@H](O)[C@@H](C(=C)C)O[C@H]5CC[C@]2(C)[C@@]41C. The molecule has 44 heavy (non-hydrogen) atoms. The molecule has 3 saturated carbocycles. The molecule has 8 aliphatic rings. The number of ether oxygens (including phenoxy) is 3. The van der Waals surface area contributed by atoms with Crippen molar-refractivity contribution in [3.63, 3.8) is 0 Å². The Labute approximate surface area is 264 Å². The molecule has 5 aliphatic carbocycles. The summed E-state index contributed by atoms with van der Waals surface area (Å²) >= 11 is 7.11. The first-order valence-electron chi connectivity index (χ1n) is 16.8. The van der Waals surface area contributed by atoms with Gasteiger partial charge < -0.3 is 29.4 Å². The number of allylic oxidation sites excluding steroid dienone is 1. The number of aromatic amines is 1. The second-order valence-electron chi connectivity index (χ2n) is 16.8. The fraction of sp³-hybridized carbons (Fsp3) is 0.676. The van der Waals surface area contributed by atoms with Gasteiger partial charge in [0.25, 0.3) is 0 Å². The van der Waals surface area contributed by atoms with Gasteiger partial charge in [-0.25, -0.2) is 0 Å². The maximum Gasteiger partial charge on any atom is 0.153 e. The predicted molar refractivity (Wildman–Crippen MR) is 168 cm³/mol. The van der Waals surface area contributed by atoms with Gasteiger partial charge in [0.05, 0.1) is 17.8 Å². The fourth-order valence-corrected chi connectivity index (χ4v) is 13.0. The molecule has 0 amide bonds. The number of rotatable bonds is 1. The van der Waals surface area contributed by atoms with E-state index in [4.69, 9.17) is 25.8 Å². The Morgan fingerprint density at radius 2 is 1.86 bits per heavy atom. The third kappa shape index (κ3) is 2.59. The Balaban J connectivity index is 1.20. The minimum Gasteiger partial charge on any atom is -0.387 e. The van der Waals surface area contributed by atoms with Crippen LogP contribution in [-0.2, 0) is 26.0 Å². The fourth-order valence-electron chi connectivity index (χ4n) is 12.7. The Morgan fingerprint density at radius 1 is 1.09 bits per heavy atom. The molecule has 2 saturated heterocycles. The number of epoxide rings is 1. The summed E-state index contributed by atoms with van der Waals surface area (Å²) in [5, 5.41) is 26.7. The second-order valence-corrected chi connectivity index (χ2v) is 17.2. The maximum atomic E-state index is 13.2. The highest BCUT2D eigenvalue weighted by atomic mass is 35.5. The van der Waals surface area contributed by atoms with Gasteiger partial charge in [-0.1, -0.05) is 44.2 Å².